The fourth-order valence-corrected chi connectivity index (χ4v) is 1.93. The Bertz CT molecular complexity index is 192. The van der Waals surface area contributed by atoms with Crippen LogP contribution < -0.4 is 0 Å². The summed E-state index contributed by atoms with van der Waals surface area (Å²) in [4.78, 5) is 19.1. The van der Waals surface area contributed by atoms with E-state index < -0.39 is 7.82 Å². The summed E-state index contributed by atoms with van der Waals surface area (Å²) in [7, 11) is -4.28. The Balaban J connectivity index is 2.33. The summed E-state index contributed by atoms with van der Waals surface area (Å²) < 4.78 is 15.0. The number of likely N-dealkylation sites (N-methyl/N-ethyl adjacent to an activating group) is 1. The van der Waals surface area contributed by atoms with Crippen molar-refractivity contribution in [3.63, 3.8) is 0 Å². The summed E-state index contributed by atoms with van der Waals surface area (Å²) in [6, 6.07) is 0. The average Bonchev–Trinajstić information content (AvgIpc) is 2.32. The van der Waals surface area contributed by atoms with Crippen LogP contribution in [0, 0.1) is 0 Å². The minimum Gasteiger partial charge on any atom is -0.303 e. The lowest BCUT2D eigenvalue weighted by molar-refractivity contribution is 0.136. The molecule has 0 radical (unpaired) electrons. The number of nitrogens with zero attached hydrogens (tertiary/aromatic N) is 1. The molecule has 1 aliphatic rings. The largest absolute Gasteiger partial charge is 0.469 e. The summed E-state index contributed by atoms with van der Waals surface area (Å²) in [5.41, 5.74) is 0. The van der Waals surface area contributed by atoms with E-state index in [0.717, 1.165) is 13.1 Å². The molecule has 1 fully saturated rings. The third kappa shape index (κ3) is 3.21. The Labute approximate surface area is 71.6 Å². The highest BCUT2D eigenvalue weighted by atomic mass is 31.2. The zero-order valence-corrected chi connectivity index (χ0v) is 7.91. The molecule has 0 aromatic rings. The standard InChI is InChI=1S/C6H14NO4P/c1-2-7-4-3-6(5-7)11-12(8,9)10/h6H,2-5H2,1H3,(H2,8,9,10). The number of hydrogen-bond acceptors (Lipinski definition) is 3. The van der Waals surface area contributed by atoms with E-state index >= 15 is 0 Å². The molecule has 0 spiro atoms. The first-order valence-corrected chi connectivity index (χ1v) is 5.50. The number of rotatable bonds is 3. The summed E-state index contributed by atoms with van der Waals surface area (Å²) in [6.45, 7) is 4.41. The molecule has 1 atom stereocenters. The highest BCUT2D eigenvalue weighted by Gasteiger charge is 2.28. The lowest BCUT2D eigenvalue weighted by Gasteiger charge is -2.13. The second kappa shape index (κ2) is 3.85. The maximum Gasteiger partial charge on any atom is 0.469 e. The van der Waals surface area contributed by atoms with E-state index in [0.29, 0.717) is 13.0 Å². The molecule has 1 saturated heterocycles. The quantitative estimate of drug-likeness (QED) is 0.629. The molecule has 0 aromatic heterocycles. The molecule has 5 nitrogen and oxygen atoms in total. The van der Waals surface area contributed by atoms with Crippen molar-refractivity contribution in [3.05, 3.63) is 0 Å². The van der Waals surface area contributed by atoms with Crippen molar-refractivity contribution in [2.45, 2.75) is 19.4 Å². The Kier molecular flexibility index (Phi) is 3.26. The maximum atomic E-state index is 10.4. The molecule has 1 aliphatic heterocycles. The molecule has 1 unspecified atom stereocenters. The molecule has 0 aromatic carbocycles. The fourth-order valence-electron chi connectivity index (χ4n) is 1.36. The number of likely N-dealkylation sites (tertiary alicyclic amines) is 1. The van der Waals surface area contributed by atoms with Crippen LogP contribution in [0.3, 0.4) is 0 Å². The van der Waals surface area contributed by atoms with Gasteiger partial charge in [0.2, 0.25) is 0 Å². The Morgan fingerprint density at radius 2 is 2.33 bits per heavy atom. The lowest BCUT2D eigenvalue weighted by atomic mass is 10.3. The monoisotopic (exact) mass is 195 g/mol. The summed E-state index contributed by atoms with van der Waals surface area (Å²) in [5, 5.41) is 0. The van der Waals surface area contributed by atoms with Crippen LogP contribution in [0.5, 0.6) is 0 Å². The second-order valence-corrected chi connectivity index (χ2v) is 4.09. The molecular formula is C6H14NO4P. The van der Waals surface area contributed by atoms with E-state index in [1.54, 1.807) is 0 Å². The Morgan fingerprint density at radius 3 is 2.75 bits per heavy atom. The van der Waals surface area contributed by atoms with Crippen molar-refractivity contribution in [3.8, 4) is 0 Å². The molecule has 12 heavy (non-hydrogen) atoms. The smallest absolute Gasteiger partial charge is 0.303 e. The first-order chi connectivity index (χ1) is 5.51. The van der Waals surface area contributed by atoms with Crippen LogP contribution in [0.15, 0.2) is 0 Å². The lowest BCUT2D eigenvalue weighted by Crippen LogP contribution is -2.22. The van der Waals surface area contributed by atoms with Gasteiger partial charge >= 0.3 is 7.82 Å². The molecule has 72 valence electrons. The molecule has 0 aliphatic carbocycles. The molecule has 1 heterocycles. The number of phosphoric acid groups is 1. The van der Waals surface area contributed by atoms with Gasteiger partial charge in [-0.25, -0.2) is 4.57 Å². The Hall–Kier alpha value is 0.0700. The first-order valence-electron chi connectivity index (χ1n) is 3.97. The van der Waals surface area contributed by atoms with E-state index in [-0.39, 0.29) is 6.10 Å². The van der Waals surface area contributed by atoms with Crippen molar-refractivity contribution >= 4 is 7.82 Å². The van der Waals surface area contributed by atoms with Crippen LogP contribution in [0.4, 0.5) is 0 Å². The van der Waals surface area contributed by atoms with Crippen molar-refractivity contribution in [1.82, 2.24) is 4.90 Å². The SMILES string of the molecule is CCN1CCC(OP(=O)(O)O)C1. The molecule has 2 N–H and O–H groups in total. The minimum atomic E-state index is -4.28. The van der Waals surface area contributed by atoms with Crippen LogP contribution >= 0.6 is 7.82 Å². The fraction of sp³-hybridized carbons (Fsp3) is 1.00. The van der Waals surface area contributed by atoms with E-state index in [1.165, 1.54) is 0 Å². The van der Waals surface area contributed by atoms with Gasteiger partial charge in [-0.05, 0) is 13.0 Å². The average molecular weight is 195 g/mol. The van der Waals surface area contributed by atoms with Crippen molar-refractivity contribution in [2.24, 2.45) is 0 Å². The number of hydrogen-bond donors (Lipinski definition) is 2. The van der Waals surface area contributed by atoms with Gasteiger partial charge in [-0.3, -0.25) is 4.52 Å². The third-order valence-corrected chi connectivity index (χ3v) is 2.54. The molecule has 0 saturated carbocycles. The van der Waals surface area contributed by atoms with Gasteiger partial charge in [-0.2, -0.15) is 0 Å². The van der Waals surface area contributed by atoms with E-state index in [9.17, 15) is 4.57 Å². The van der Waals surface area contributed by atoms with Gasteiger partial charge in [0.1, 0.15) is 0 Å². The van der Waals surface area contributed by atoms with Crippen molar-refractivity contribution in [2.75, 3.05) is 19.6 Å². The molecule has 6 heteroatoms. The van der Waals surface area contributed by atoms with Crippen LogP contribution in [0.25, 0.3) is 0 Å². The predicted octanol–water partition coefficient (Wildman–Crippen LogP) is 0.190. The van der Waals surface area contributed by atoms with Crippen molar-refractivity contribution < 1.29 is 18.9 Å². The van der Waals surface area contributed by atoms with Crippen LogP contribution in [0.1, 0.15) is 13.3 Å². The molecule has 1 rings (SSSR count). The topological polar surface area (TPSA) is 70.0 Å². The normalized spacial score (nSPS) is 26.4. The predicted molar refractivity (Wildman–Crippen MR) is 43.6 cm³/mol. The highest BCUT2D eigenvalue weighted by molar-refractivity contribution is 7.46. The van der Waals surface area contributed by atoms with Gasteiger partial charge in [0, 0.05) is 13.1 Å². The van der Waals surface area contributed by atoms with Crippen LogP contribution in [-0.2, 0) is 9.09 Å². The summed E-state index contributed by atoms with van der Waals surface area (Å²) >= 11 is 0. The summed E-state index contributed by atoms with van der Waals surface area (Å²) in [5.74, 6) is 0. The van der Waals surface area contributed by atoms with Gasteiger partial charge in [0.25, 0.3) is 0 Å². The zero-order chi connectivity index (χ0) is 9.19. The van der Waals surface area contributed by atoms with Gasteiger partial charge in [-0.1, -0.05) is 6.92 Å². The van der Waals surface area contributed by atoms with Crippen LogP contribution in [0.2, 0.25) is 0 Å². The van der Waals surface area contributed by atoms with E-state index in [2.05, 4.69) is 9.42 Å². The number of phosphoric ester groups is 1. The molecule has 0 amide bonds. The first kappa shape index (κ1) is 10.2. The summed E-state index contributed by atoms with van der Waals surface area (Å²) in [6.07, 6.45) is 0.407. The minimum absolute atomic E-state index is 0.300. The van der Waals surface area contributed by atoms with E-state index in [4.69, 9.17) is 9.79 Å². The van der Waals surface area contributed by atoms with Gasteiger partial charge < -0.3 is 14.7 Å². The maximum absolute atomic E-state index is 10.4. The van der Waals surface area contributed by atoms with Gasteiger partial charge in [0.15, 0.2) is 0 Å². The Morgan fingerprint density at radius 1 is 1.67 bits per heavy atom. The third-order valence-electron chi connectivity index (χ3n) is 1.96. The van der Waals surface area contributed by atoms with E-state index in [1.807, 2.05) is 6.92 Å². The van der Waals surface area contributed by atoms with Gasteiger partial charge in [0.05, 0.1) is 6.10 Å². The van der Waals surface area contributed by atoms with Gasteiger partial charge in [-0.15, -0.1) is 0 Å². The van der Waals surface area contributed by atoms with Crippen LogP contribution in [-0.4, -0.2) is 40.4 Å². The highest BCUT2D eigenvalue weighted by Crippen LogP contribution is 2.39. The molecule has 0 bridgehead atoms. The molecular weight excluding hydrogens is 181 g/mol. The van der Waals surface area contributed by atoms with Crippen molar-refractivity contribution in [1.29, 1.82) is 0 Å². The zero-order valence-electron chi connectivity index (χ0n) is 7.01. The second-order valence-electron chi connectivity index (χ2n) is 2.90.